The summed E-state index contributed by atoms with van der Waals surface area (Å²) in [4.78, 5) is 32.0. The minimum absolute atomic E-state index is 0.0349. The number of methoxy groups -OCH3 is 1. The predicted molar refractivity (Wildman–Crippen MR) is 97.1 cm³/mol. The lowest BCUT2D eigenvalue weighted by Gasteiger charge is -2.23. The molecule has 1 N–H and O–H groups in total. The highest BCUT2D eigenvalue weighted by atomic mass is 16.5. The molecule has 0 aliphatic carbocycles. The van der Waals surface area contributed by atoms with Crippen LogP contribution in [0.5, 0.6) is 0 Å². The molecule has 1 saturated heterocycles. The highest BCUT2D eigenvalue weighted by Crippen LogP contribution is 2.31. The molecular formula is C18H24N6O2. The second-order valence-corrected chi connectivity index (χ2v) is 6.53. The van der Waals surface area contributed by atoms with Crippen LogP contribution in [-0.2, 0) is 9.53 Å². The number of carbonyl (C=O) groups excluding carboxylic acids is 1. The molecule has 1 aliphatic rings. The topological polar surface area (TPSA) is 93.1 Å². The van der Waals surface area contributed by atoms with Crippen molar-refractivity contribution in [1.82, 2.24) is 24.8 Å². The standard InChI is InChI=1S/C18H24N6O2/c1-11-8-12(2)21-18(20-11)23-15-9-13(3)19-17(22-15)14-6-5-7-24(14)16(25)10-26-4/h8-9,14H,5-7,10H2,1-4H3,(H,19,20,21,22,23). The molecule has 8 nitrogen and oxygen atoms in total. The van der Waals surface area contributed by atoms with Crippen LogP contribution in [-0.4, -0.2) is 51.0 Å². The van der Waals surface area contributed by atoms with Gasteiger partial charge in [0.05, 0.1) is 6.04 Å². The molecule has 8 heteroatoms. The Morgan fingerprint density at radius 2 is 1.85 bits per heavy atom. The minimum atomic E-state index is -0.127. The molecule has 1 aliphatic heterocycles. The smallest absolute Gasteiger partial charge is 0.249 e. The van der Waals surface area contributed by atoms with Gasteiger partial charge in [-0.05, 0) is 39.7 Å². The molecule has 138 valence electrons. The molecule has 1 fully saturated rings. The molecule has 0 bridgehead atoms. The molecule has 26 heavy (non-hydrogen) atoms. The van der Waals surface area contributed by atoms with Gasteiger partial charge in [-0.15, -0.1) is 0 Å². The lowest BCUT2D eigenvalue weighted by Crippen LogP contribution is -2.34. The Morgan fingerprint density at radius 3 is 2.54 bits per heavy atom. The summed E-state index contributed by atoms with van der Waals surface area (Å²) in [6, 6.07) is 3.64. The maximum atomic E-state index is 12.3. The highest BCUT2D eigenvalue weighted by molar-refractivity contribution is 5.78. The number of nitrogens with one attached hydrogen (secondary N) is 1. The summed E-state index contributed by atoms with van der Waals surface area (Å²) in [5.74, 6) is 1.74. The van der Waals surface area contributed by atoms with Crippen molar-refractivity contribution in [1.29, 1.82) is 0 Å². The van der Waals surface area contributed by atoms with Gasteiger partial charge in [-0.25, -0.2) is 19.9 Å². The summed E-state index contributed by atoms with van der Waals surface area (Å²) in [5, 5.41) is 3.16. The van der Waals surface area contributed by atoms with E-state index in [2.05, 4.69) is 25.3 Å². The first-order valence-electron chi connectivity index (χ1n) is 8.69. The Kier molecular flexibility index (Phi) is 5.41. The first-order valence-corrected chi connectivity index (χ1v) is 8.69. The summed E-state index contributed by atoms with van der Waals surface area (Å²) in [6.45, 7) is 6.54. The number of anilines is 2. The van der Waals surface area contributed by atoms with E-state index in [-0.39, 0.29) is 18.6 Å². The molecule has 0 saturated carbocycles. The maximum Gasteiger partial charge on any atom is 0.249 e. The zero-order valence-electron chi connectivity index (χ0n) is 15.6. The molecule has 0 aromatic carbocycles. The Morgan fingerprint density at radius 1 is 1.15 bits per heavy atom. The molecule has 0 spiro atoms. The summed E-state index contributed by atoms with van der Waals surface area (Å²) in [6.07, 6.45) is 1.78. The second-order valence-electron chi connectivity index (χ2n) is 6.53. The molecule has 1 unspecified atom stereocenters. The number of hydrogen-bond acceptors (Lipinski definition) is 7. The third-order valence-corrected chi connectivity index (χ3v) is 4.23. The number of likely N-dealkylation sites (tertiary alicyclic amines) is 1. The lowest BCUT2D eigenvalue weighted by atomic mass is 10.2. The van der Waals surface area contributed by atoms with Gasteiger partial charge in [-0.3, -0.25) is 4.79 Å². The number of aryl methyl sites for hydroxylation is 3. The first kappa shape index (κ1) is 18.2. The SMILES string of the molecule is COCC(=O)N1CCCC1c1nc(C)cc(Nc2nc(C)cc(C)n2)n1. The summed E-state index contributed by atoms with van der Waals surface area (Å²) in [5.41, 5.74) is 2.60. The Labute approximate surface area is 153 Å². The van der Waals surface area contributed by atoms with Gasteiger partial charge in [-0.2, -0.15) is 0 Å². The van der Waals surface area contributed by atoms with Crippen molar-refractivity contribution in [3.05, 3.63) is 35.0 Å². The fourth-order valence-electron chi connectivity index (χ4n) is 3.24. The number of ether oxygens (including phenoxy) is 1. The van der Waals surface area contributed by atoms with Crippen LogP contribution >= 0.6 is 0 Å². The summed E-state index contributed by atoms with van der Waals surface area (Å²) in [7, 11) is 1.53. The van der Waals surface area contributed by atoms with Crippen LogP contribution in [0.1, 0.15) is 41.8 Å². The van der Waals surface area contributed by atoms with E-state index in [9.17, 15) is 4.79 Å². The number of nitrogens with zero attached hydrogens (tertiary/aromatic N) is 5. The molecule has 1 amide bonds. The monoisotopic (exact) mass is 356 g/mol. The molecule has 2 aromatic heterocycles. The highest BCUT2D eigenvalue weighted by Gasteiger charge is 2.32. The van der Waals surface area contributed by atoms with E-state index in [1.54, 1.807) is 4.90 Å². The normalized spacial score (nSPS) is 16.8. The van der Waals surface area contributed by atoms with Gasteiger partial charge in [0.2, 0.25) is 11.9 Å². The van der Waals surface area contributed by atoms with Crippen LogP contribution in [0.15, 0.2) is 12.1 Å². The van der Waals surface area contributed by atoms with Crippen LogP contribution in [0.3, 0.4) is 0 Å². The van der Waals surface area contributed by atoms with Crippen molar-refractivity contribution in [2.45, 2.75) is 39.7 Å². The van der Waals surface area contributed by atoms with Crippen LogP contribution < -0.4 is 5.32 Å². The average molecular weight is 356 g/mol. The lowest BCUT2D eigenvalue weighted by molar-refractivity contribution is -0.136. The van der Waals surface area contributed by atoms with Crippen molar-refractivity contribution in [2.24, 2.45) is 0 Å². The number of carbonyl (C=O) groups is 1. The Bertz CT molecular complexity index is 790. The van der Waals surface area contributed by atoms with Crippen molar-refractivity contribution in [3.8, 4) is 0 Å². The van der Waals surface area contributed by atoms with Gasteiger partial charge >= 0.3 is 0 Å². The fourth-order valence-corrected chi connectivity index (χ4v) is 3.24. The minimum Gasteiger partial charge on any atom is -0.375 e. The van der Waals surface area contributed by atoms with Crippen LogP contribution in [0.4, 0.5) is 11.8 Å². The van der Waals surface area contributed by atoms with Crippen LogP contribution in [0, 0.1) is 20.8 Å². The maximum absolute atomic E-state index is 12.3. The second kappa shape index (κ2) is 7.74. The number of hydrogen-bond donors (Lipinski definition) is 1. The van der Waals surface area contributed by atoms with E-state index in [4.69, 9.17) is 4.74 Å². The third-order valence-electron chi connectivity index (χ3n) is 4.23. The quantitative estimate of drug-likeness (QED) is 0.878. The van der Waals surface area contributed by atoms with Crippen molar-refractivity contribution in [3.63, 3.8) is 0 Å². The van der Waals surface area contributed by atoms with Gasteiger partial charge in [0.1, 0.15) is 12.4 Å². The molecule has 0 radical (unpaired) electrons. The van der Waals surface area contributed by atoms with E-state index >= 15 is 0 Å². The van der Waals surface area contributed by atoms with E-state index in [0.717, 1.165) is 29.9 Å². The van der Waals surface area contributed by atoms with Crippen molar-refractivity contribution < 1.29 is 9.53 Å². The molecule has 2 aromatic rings. The predicted octanol–water partition coefficient (Wildman–Crippen LogP) is 2.25. The summed E-state index contributed by atoms with van der Waals surface area (Å²) >= 11 is 0. The van der Waals surface area contributed by atoms with E-state index in [1.165, 1.54) is 7.11 Å². The number of amides is 1. The van der Waals surface area contributed by atoms with Gasteiger partial charge in [0.25, 0.3) is 0 Å². The van der Waals surface area contributed by atoms with Crippen molar-refractivity contribution in [2.75, 3.05) is 25.6 Å². The Balaban J connectivity index is 1.86. The van der Waals surface area contributed by atoms with Crippen LogP contribution in [0.25, 0.3) is 0 Å². The van der Waals surface area contributed by atoms with E-state index in [1.807, 2.05) is 32.9 Å². The molecular weight excluding hydrogens is 332 g/mol. The molecule has 3 heterocycles. The number of aromatic nitrogens is 4. The zero-order valence-corrected chi connectivity index (χ0v) is 15.6. The van der Waals surface area contributed by atoms with E-state index < -0.39 is 0 Å². The third kappa shape index (κ3) is 4.13. The zero-order chi connectivity index (χ0) is 18.7. The first-order chi connectivity index (χ1) is 12.5. The molecule has 1 atom stereocenters. The van der Waals surface area contributed by atoms with Gasteiger partial charge < -0.3 is 15.0 Å². The van der Waals surface area contributed by atoms with Gasteiger partial charge in [0, 0.05) is 36.8 Å². The average Bonchev–Trinajstić information content (AvgIpc) is 3.03. The molecule has 3 rings (SSSR count). The number of rotatable bonds is 5. The van der Waals surface area contributed by atoms with Gasteiger partial charge in [0.15, 0.2) is 5.82 Å². The van der Waals surface area contributed by atoms with Crippen molar-refractivity contribution >= 4 is 17.7 Å². The Hall–Kier alpha value is -2.61. The van der Waals surface area contributed by atoms with E-state index in [0.29, 0.717) is 24.1 Å². The van der Waals surface area contributed by atoms with Gasteiger partial charge in [-0.1, -0.05) is 0 Å². The summed E-state index contributed by atoms with van der Waals surface area (Å²) < 4.78 is 4.99. The fraction of sp³-hybridized carbons (Fsp3) is 0.500. The van der Waals surface area contributed by atoms with Crippen LogP contribution in [0.2, 0.25) is 0 Å². The largest absolute Gasteiger partial charge is 0.375 e.